The van der Waals surface area contributed by atoms with Crippen molar-refractivity contribution >= 4 is 5.97 Å². The quantitative estimate of drug-likeness (QED) is 0.486. The summed E-state index contributed by atoms with van der Waals surface area (Å²) in [4.78, 5) is 12.8. The normalized spacial score (nSPS) is 14.3. The number of methoxy groups -OCH3 is 1. The Balaban J connectivity index is 2.83. The predicted octanol–water partition coefficient (Wildman–Crippen LogP) is 0.556. The van der Waals surface area contributed by atoms with Crippen LogP contribution in [0.5, 0.6) is 0 Å². The minimum Gasteiger partial charge on any atom is -0.468 e. The fourth-order valence-electron chi connectivity index (χ4n) is 1.56. The monoisotopic (exact) mass is 205 g/mol. The Morgan fingerprint density at radius 3 is 2.73 bits per heavy atom. The van der Waals surface area contributed by atoms with Crippen LogP contribution in [0.2, 0.25) is 0 Å². The summed E-state index contributed by atoms with van der Waals surface area (Å²) in [6.45, 7) is 0.802. The molecule has 5 heteroatoms. The van der Waals surface area contributed by atoms with Crippen molar-refractivity contribution in [3.05, 3.63) is 11.3 Å². The molecule has 1 heterocycles. The number of nitriles is 2. The first-order valence-corrected chi connectivity index (χ1v) is 4.58. The third kappa shape index (κ3) is 2.47. The van der Waals surface area contributed by atoms with Crippen molar-refractivity contribution in [2.75, 3.05) is 20.2 Å². The van der Waals surface area contributed by atoms with Gasteiger partial charge in [-0.3, -0.25) is 4.79 Å². The number of hydrogen-bond donors (Lipinski definition) is 0. The van der Waals surface area contributed by atoms with Gasteiger partial charge in [0.15, 0.2) is 0 Å². The van der Waals surface area contributed by atoms with E-state index in [2.05, 4.69) is 4.74 Å². The lowest BCUT2D eigenvalue weighted by atomic mass is 10.2. The summed E-state index contributed by atoms with van der Waals surface area (Å²) in [5, 5.41) is 17.4. The lowest BCUT2D eigenvalue weighted by molar-refractivity contribution is -0.141. The van der Waals surface area contributed by atoms with E-state index in [4.69, 9.17) is 10.5 Å². The summed E-state index contributed by atoms with van der Waals surface area (Å²) in [6.07, 6.45) is 1.53. The van der Waals surface area contributed by atoms with Crippen molar-refractivity contribution in [2.24, 2.45) is 0 Å². The van der Waals surface area contributed by atoms with Gasteiger partial charge >= 0.3 is 5.97 Å². The van der Waals surface area contributed by atoms with Crippen molar-refractivity contribution in [3.8, 4) is 12.1 Å². The van der Waals surface area contributed by atoms with Crippen LogP contribution in [-0.4, -0.2) is 31.1 Å². The van der Waals surface area contributed by atoms with E-state index in [1.807, 2.05) is 12.1 Å². The van der Waals surface area contributed by atoms with E-state index in [0.717, 1.165) is 6.42 Å². The van der Waals surface area contributed by atoms with Crippen molar-refractivity contribution in [3.63, 3.8) is 0 Å². The zero-order valence-electron chi connectivity index (χ0n) is 8.49. The number of rotatable bonds is 2. The van der Waals surface area contributed by atoms with E-state index in [1.165, 1.54) is 7.11 Å². The first-order valence-electron chi connectivity index (χ1n) is 4.58. The Hall–Kier alpha value is -2.01. The van der Waals surface area contributed by atoms with E-state index in [-0.39, 0.29) is 18.1 Å². The third-order valence-corrected chi connectivity index (χ3v) is 2.28. The van der Waals surface area contributed by atoms with Crippen LogP contribution >= 0.6 is 0 Å². The van der Waals surface area contributed by atoms with E-state index >= 15 is 0 Å². The summed E-state index contributed by atoms with van der Waals surface area (Å²) >= 11 is 0. The van der Waals surface area contributed by atoms with Gasteiger partial charge in [0.1, 0.15) is 24.3 Å². The maximum atomic E-state index is 11.1. The molecular formula is C10H11N3O2. The molecule has 0 unspecified atom stereocenters. The molecular weight excluding hydrogens is 194 g/mol. The van der Waals surface area contributed by atoms with Gasteiger partial charge in [0.25, 0.3) is 0 Å². The van der Waals surface area contributed by atoms with Crippen LogP contribution in [0.4, 0.5) is 0 Å². The standard InChI is InChI=1S/C10H11N3O2/c1-15-10(14)7-13-4-2-3-9(13)8(5-11)6-12/h2-4,7H2,1H3. The molecule has 0 N–H and O–H groups in total. The average molecular weight is 205 g/mol. The SMILES string of the molecule is COC(=O)CN1CCCC1=C(C#N)C#N. The van der Waals surface area contributed by atoms with Crippen LogP contribution in [0.3, 0.4) is 0 Å². The molecule has 1 rings (SSSR count). The number of carbonyl (C=O) groups excluding carboxylic acids is 1. The summed E-state index contributed by atoms with van der Waals surface area (Å²) < 4.78 is 4.54. The molecule has 0 aromatic carbocycles. The molecule has 0 atom stereocenters. The largest absolute Gasteiger partial charge is 0.468 e. The van der Waals surface area contributed by atoms with Crippen LogP contribution in [0, 0.1) is 22.7 Å². The topological polar surface area (TPSA) is 77.1 Å². The van der Waals surface area contributed by atoms with Gasteiger partial charge in [-0.1, -0.05) is 0 Å². The lowest BCUT2D eigenvalue weighted by Gasteiger charge is -2.17. The molecule has 5 nitrogen and oxygen atoms in total. The second-order valence-corrected chi connectivity index (χ2v) is 3.15. The number of carbonyl (C=O) groups is 1. The van der Waals surface area contributed by atoms with Crippen LogP contribution in [-0.2, 0) is 9.53 Å². The minimum absolute atomic E-state index is 0.0939. The Kier molecular flexibility index (Phi) is 3.70. The highest BCUT2D eigenvalue weighted by Crippen LogP contribution is 2.23. The van der Waals surface area contributed by atoms with Gasteiger partial charge < -0.3 is 9.64 Å². The van der Waals surface area contributed by atoms with Gasteiger partial charge in [-0.05, 0) is 12.8 Å². The van der Waals surface area contributed by atoms with Gasteiger partial charge in [-0.25, -0.2) is 0 Å². The molecule has 1 saturated heterocycles. The van der Waals surface area contributed by atoms with Gasteiger partial charge in [0.2, 0.25) is 0 Å². The predicted molar refractivity (Wildman–Crippen MR) is 51.1 cm³/mol. The smallest absolute Gasteiger partial charge is 0.325 e. The molecule has 78 valence electrons. The first-order chi connectivity index (χ1) is 7.22. The van der Waals surface area contributed by atoms with Crippen molar-refractivity contribution in [1.82, 2.24) is 4.90 Å². The Morgan fingerprint density at radius 1 is 1.53 bits per heavy atom. The number of allylic oxidation sites excluding steroid dienone is 2. The highest BCUT2D eigenvalue weighted by molar-refractivity contribution is 5.72. The zero-order chi connectivity index (χ0) is 11.3. The average Bonchev–Trinajstić information content (AvgIpc) is 2.68. The molecule has 0 spiro atoms. The molecule has 0 amide bonds. The summed E-state index contributed by atoms with van der Waals surface area (Å²) in [7, 11) is 1.32. The fraction of sp³-hybridized carbons (Fsp3) is 0.500. The molecule has 0 radical (unpaired) electrons. The highest BCUT2D eigenvalue weighted by Gasteiger charge is 2.23. The second kappa shape index (κ2) is 5.02. The Labute approximate surface area is 88.1 Å². The molecule has 1 aliphatic rings. The Morgan fingerprint density at radius 2 is 2.20 bits per heavy atom. The molecule has 15 heavy (non-hydrogen) atoms. The van der Waals surface area contributed by atoms with Crippen LogP contribution in [0.25, 0.3) is 0 Å². The molecule has 1 aliphatic heterocycles. The molecule has 0 bridgehead atoms. The maximum Gasteiger partial charge on any atom is 0.325 e. The van der Waals surface area contributed by atoms with Gasteiger partial charge in [0, 0.05) is 12.2 Å². The zero-order valence-corrected chi connectivity index (χ0v) is 8.49. The van der Waals surface area contributed by atoms with Crippen molar-refractivity contribution in [2.45, 2.75) is 12.8 Å². The minimum atomic E-state index is -0.357. The molecule has 1 fully saturated rings. The fourth-order valence-corrected chi connectivity index (χ4v) is 1.56. The highest BCUT2D eigenvalue weighted by atomic mass is 16.5. The third-order valence-electron chi connectivity index (χ3n) is 2.28. The van der Waals surface area contributed by atoms with Crippen molar-refractivity contribution < 1.29 is 9.53 Å². The Bertz CT molecular complexity index is 357. The summed E-state index contributed by atoms with van der Waals surface area (Å²) in [6, 6.07) is 3.68. The number of ether oxygens (including phenoxy) is 1. The maximum absolute atomic E-state index is 11.1. The summed E-state index contributed by atoms with van der Waals surface area (Å²) in [5.74, 6) is -0.357. The number of likely N-dealkylation sites (tertiary alicyclic amines) is 1. The number of esters is 1. The van der Waals surface area contributed by atoms with Gasteiger partial charge in [0.05, 0.1) is 7.11 Å². The van der Waals surface area contributed by atoms with Crippen molar-refractivity contribution in [1.29, 1.82) is 10.5 Å². The van der Waals surface area contributed by atoms with E-state index < -0.39 is 0 Å². The van der Waals surface area contributed by atoms with Gasteiger partial charge in [-0.15, -0.1) is 0 Å². The lowest BCUT2D eigenvalue weighted by Crippen LogP contribution is -2.27. The van der Waals surface area contributed by atoms with Crippen LogP contribution in [0.15, 0.2) is 11.3 Å². The van der Waals surface area contributed by atoms with Gasteiger partial charge in [-0.2, -0.15) is 10.5 Å². The summed E-state index contributed by atoms with van der Waals surface area (Å²) in [5.41, 5.74) is 0.752. The number of nitrogens with zero attached hydrogens (tertiary/aromatic N) is 3. The van der Waals surface area contributed by atoms with Crippen LogP contribution in [0.1, 0.15) is 12.8 Å². The van der Waals surface area contributed by atoms with E-state index in [0.29, 0.717) is 18.7 Å². The number of hydrogen-bond acceptors (Lipinski definition) is 5. The second-order valence-electron chi connectivity index (χ2n) is 3.15. The molecule has 0 aliphatic carbocycles. The molecule has 0 aromatic rings. The first kappa shape index (κ1) is 11.1. The molecule has 0 aromatic heterocycles. The van der Waals surface area contributed by atoms with E-state index in [1.54, 1.807) is 4.90 Å². The molecule has 0 saturated carbocycles. The van der Waals surface area contributed by atoms with Crippen LogP contribution < -0.4 is 0 Å². The van der Waals surface area contributed by atoms with E-state index in [9.17, 15) is 4.79 Å².